The smallest absolute Gasteiger partial charge is 0.409 e. The summed E-state index contributed by atoms with van der Waals surface area (Å²) in [5, 5.41) is 5.36. The molecule has 1 saturated heterocycles. The Morgan fingerprint density at radius 3 is 2.72 bits per heavy atom. The lowest BCUT2D eigenvalue weighted by Gasteiger charge is -2.35. The monoisotopic (exact) mass is 478 g/mol. The van der Waals surface area contributed by atoms with Crippen molar-refractivity contribution in [2.24, 2.45) is 4.99 Å². The average molecular weight is 478 g/mol. The summed E-state index contributed by atoms with van der Waals surface area (Å²) in [4.78, 5) is 25.5. The van der Waals surface area contributed by atoms with Crippen LogP contribution in [0.25, 0.3) is 4.96 Å². The number of ether oxygens (including phenoxy) is 1. The highest BCUT2D eigenvalue weighted by atomic mass is 127. The summed E-state index contributed by atoms with van der Waals surface area (Å²) in [6.07, 6.45) is 3.78. The fourth-order valence-corrected chi connectivity index (χ4v) is 3.40. The standard InChI is InChI=1S/C15H22N6O2S.HI/c1-3-23-15(22)20-6-4-19(5-7-20)13(16-2)17-10-12-11-21-8-9-24-14(21)18-12;/h8-9,11H,3-7,10H2,1-2H3,(H,16,17);1H. The fourth-order valence-electron chi connectivity index (χ4n) is 2.68. The average Bonchev–Trinajstić information content (AvgIpc) is 3.18. The normalized spacial score (nSPS) is 15.2. The highest BCUT2D eigenvalue weighted by Gasteiger charge is 2.23. The van der Waals surface area contributed by atoms with Gasteiger partial charge in [0.2, 0.25) is 0 Å². The minimum Gasteiger partial charge on any atom is -0.450 e. The number of aromatic nitrogens is 2. The Bertz CT molecular complexity index is 694. The molecular formula is C15H23IN6O2S. The molecule has 0 unspecified atom stereocenters. The van der Waals surface area contributed by atoms with E-state index in [1.807, 2.05) is 29.1 Å². The number of nitrogens with one attached hydrogen (secondary N) is 1. The van der Waals surface area contributed by atoms with Crippen molar-refractivity contribution in [3.63, 3.8) is 0 Å². The molecule has 1 aliphatic rings. The Morgan fingerprint density at radius 2 is 2.08 bits per heavy atom. The Morgan fingerprint density at radius 1 is 1.36 bits per heavy atom. The molecule has 2 aromatic rings. The summed E-state index contributed by atoms with van der Waals surface area (Å²) >= 11 is 1.62. The van der Waals surface area contributed by atoms with Crippen LogP contribution < -0.4 is 5.32 Å². The van der Waals surface area contributed by atoms with Gasteiger partial charge in [0.1, 0.15) is 0 Å². The highest BCUT2D eigenvalue weighted by Crippen LogP contribution is 2.11. The zero-order valence-corrected chi connectivity index (χ0v) is 17.5. The van der Waals surface area contributed by atoms with Crippen molar-refractivity contribution in [3.8, 4) is 0 Å². The number of piperazine rings is 1. The molecular weight excluding hydrogens is 455 g/mol. The number of carbonyl (C=O) groups is 1. The molecule has 0 saturated carbocycles. The zero-order valence-electron chi connectivity index (χ0n) is 14.3. The van der Waals surface area contributed by atoms with Gasteiger partial charge in [0, 0.05) is 51.0 Å². The number of nitrogens with zero attached hydrogens (tertiary/aromatic N) is 5. The van der Waals surface area contributed by atoms with E-state index in [9.17, 15) is 4.79 Å². The second-order valence-corrected chi connectivity index (χ2v) is 6.27. The van der Waals surface area contributed by atoms with Crippen LogP contribution in [0.5, 0.6) is 0 Å². The number of imidazole rings is 1. The fraction of sp³-hybridized carbons (Fsp3) is 0.533. The molecule has 0 spiro atoms. The Kier molecular flexibility index (Phi) is 7.29. The van der Waals surface area contributed by atoms with E-state index < -0.39 is 0 Å². The van der Waals surface area contributed by atoms with Gasteiger partial charge in [-0.05, 0) is 6.92 Å². The maximum Gasteiger partial charge on any atom is 0.409 e. The van der Waals surface area contributed by atoms with Gasteiger partial charge in [-0.2, -0.15) is 0 Å². The quantitative estimate of drug-likeness (QED) is 0.414. The van der Waals surface area contributed by atoms with Gasteiger partial charge in [-0.1, -0.05) is 0 Å². The second-order valence-electron chi connectivity index (χ2n) is 5.40. The summed E-state index contributed by atoms with van der Waals surface area (Å²) in [6, 6.07) is 0. The van der Waals surface area contributed by atoms with Crippen molar-refractivity contribution in [1.29, 1.82) is 0 Å². The predicted octanol–water partition coefficient (Wildman–Crippen LogP) is 1.86. The SMILES string of the molecule is CCOC(=O)N1CCN(C(=NC)NCc2cn3ccsc3n2)CC1.I. The first-order chi connectivity index (χ1) is 11.7. The summed E-state index contributed by atoms with van der Waals surface area (Å²) in [5.41, 5.74) is 0.980. The number of amides is 1. The lowest BCUT2D eigenvalue weighted by atomic mass is 10.3. The minimum absolute atomic E-state index is 0. The van der Waals surface area contributed by atoms with Crippen molar-refractivity contribution < 1.29 is 9.53 Å². The third-order valence-electron chi connectivity index (χ3n) is 3.89. The van der Waals surface area contributed by atoms with Crippen LogP contribution in [0.1, 0.15) is 12.6 Å². The first-order valence-corrected chi connectivity index (χ1v) is 8.87. The number of rotatable bonds is 3. The van der Waals surface area contributed by atoms with Gasteiger partial charge in [0.05, 0.1) is 18.8 Å². The Labute approximate surface area is 167 Å². The molecule has 10 heteroatoms. The maximum atomic E-state index is 11.7. The zero-order chi connectivity index (χ0) is 16.9. The molecule has 138 valence electrons. The molecule has 1 amide bonds. The van der Waals surface area contributed by atoms with E-state index in [2.05, 4.69) is 20.2 Å². The van der Waals surface area contributed by atoms with Crippen molar-refractivity contribution in [3.05, 3.63) is 23.5 Å². The molecule has 1 aliphatic heterocycles. The molecule has 8 nitrogen and oxygen atoms in total. The summed E-state index contributed by atoms with van der Waals surface area (Å²) in [5.74, 6) is 0.829. The van der Waals surface area contributed by atoms with Crippen LogP contribution in [0.4, 0.5) is 4.79 Å². The first kappa shape index (κ1) is 19.8. The molecule has 1 fully saturated rings. The maximum absolute atomic E-state index is 11.7. The minimum atomic E-state index is -0.238. The number of hydrogen-bond donors (Lipinski definition) is 1. The number of thiazole rings is 1. The number of guanidine groups is 1. The van der Waals surface area contributed by atoms with Gasteiger partial charge in [-0.25, -0.2) is 9.78 Å². The first-order valence-electron chi connectivity index (χ1n) is 7.99. The van der Waals surface area contributed by atoms with Crippen molar-refractivity contribution in [1.82, 2.24) is 24.5 Å². The van der Waals surface area contributed by atoms with E-state index in [-0.39, 0.29) is 30.1 Å². The van der Waals surface area contributed by atoms with Crippen LogP contribution in [0.2, 0.25) is 0 Å². The molecule has 0 aromatic carbocycles. The van der Waals surface area contributed by atoms with Crippen LogP contribution in [0, 0.1) is 0 Å². The van der Waals surface area contributed by atoms with Gasteiger partial charge in [-0.15, -0.1) is 35.3 Å². The second kappa shape index (κ2) is 9.22. The number of aliphatic imine (C=N–C) groups is 1. The van der Waals surface area contributed by atoms with Gasteiger partial charge >= 0.3 is 6.09 Å². The van der Waals surface area contributed by atoms with Crippen LogP contribution in [0.3, 0.4) is 0 Å². The van der Waals surface area contributed by atoms with Gasteiger partial charge in [0.15, 0.2) is 10.9 Å². The van der Waals surface area contributed by atoms with Crippen molar-refractivity contribution in [2.75, 3.05) is 39.8 Å². The molecule has 25 heavy (non-hydrogen) atoms. The predicted molar refractivity (Wildman–Crippen MR) is 109 cm³/mol. The lowest BCUT2D eigenvalue weighted by molar-refractivity contribution is 0.0914. The van der Waals surface area contributed by atoms with Crippen molar-refractivity contribution >= 4 is 52.3 Å². The van der Waals surface area contributed by atoms with E-state index in [4.69, 9.17) is 4.74 Å². The molecule has 0 aliphatic carbocycles. The summed E-state index contributed by atoms with van der Waals surface area (Å²) in [7, 11) is 1.77. The van der Waals surface area contributed by atoms with E-state index >= 15 is 0 Å². The van der Waals surface area contributed by atoms with E-state index in [1.165, 1.54) is 0 Å². The molecule has 0 bridgehead atoms. The topological polar surface area (TPSA) is 74.5 Å². The Balaban J connectivity index is 0.00000225. The van der Waals surface area contributed by atoms with Gasteiger partial charge < -0.3 is 19.9 Å². The molecule has 3 rings (SSSR count). The van der Waals surface area contributed by atoms with Crippen LogP contribution in [-0.4, -0.2) is 71.1 Å². The van der Waals surface area contributed by atoms with E-state index in [0.717, 1.165) is 29.7 Å². The number of fused-ring (bicyclic) bond motifs is 1. The van der Waals surface area contributed by atoms with Crippen LogP contribution in [0.15, 0.2) is 22.8 Å². The van der Waals surface area contributed by atoms with E-state index in [0.29, 0.717) is 26.2 Å². The number of hydrogen-bond acceptors (Lipinski definition) is 5. The highest BCUT2D eigenvalue weighted by molar-refractivity contribution is 14.0. The van der Waals surface area contributed by atoms with Gasteiger partial charge in [0.25, 0.3) is 0 Å². The third kappa shape index (κ3) is 4.75. The molecule has 2 aromatic heterocycles. The molecule has 3 heterocycles. The molecule has 0 radical (unpaired) electrons. The largest absolute Gasteiger partial charge is 0.450 e. The van der Waals surface area contributed by atoms with Crippen LogP contribution >= 0.6 is 35.3 Å². The van der Waals surface area contributed by atoms with Crippen molar-refractivity contribution in [2.45, 2.75) is 13.5 Å². The molecule has 0 atom stereocenters. The van der Waals surface area contributed by atoms with Crippen LogP contribution in [-0.2, 0) is 11.3 Å². The van der Waals surface area contributed by atoms with E-state index in [1.54, 1.807) is 23.3 Å². The number of halogens is 1. The number of carbonyl (C=O) groups excluding carboxylic acids is 1. The lowest BCUT2D eigenvalue weighted by Crippen LogP contribution is -2.53. The third-order valence-corrected chi connectivity index (χ3v) is 4.66. The molecule has 1 N–H and O–H groups in total. The van der Waals surface area contributed by atoms with Gasteiger partial charge in [-0.3, -0.25) is 9.39 Å². The summed E-state index contributed by atoms with van der Waals surface area (Å²) < 4.78 is 7.06. The summed E-state index contributed by atoms with van der Waals surface area (Å²) in [6.45, 7) is 5.59. The Hall–Kier alpha value is -1.56.